The maximum Gasteiger partial charge on any atom is 0.339 e. The van der Waals surface area contributed by atoms with Gasteiger partial charge in [-0.2, -0.15) is 11.8 Å². The minimum atomic E-state index is -1.66. The van der Waals surface area contributed by atoms with Gasteiger partial charge in [0.05, 0.1) is 19.8 Å². The van der Waals surface area contributed by atoms with Gasteiger partial charge in [-0.25, -0.2) is 9.59 Å². The van der Waals surface area contributed by atoms with Crippen LogP contribution in [0.3, 0.4) is 0 Å². The number of carbonyl (C=O) groups excluding carboxylic acids is 3. The van der Waals surface area contributed by atoms with Gasteiger partial charge in [0.25, 0.3) is 5.91 Å². The number of esters is 2. The number of aromatic hydroxyl groups is 1. The van der Waals surface area contributed by atoms with E-state index in [1.807, 2.05) is 0 Å². The SMILES string of the molecule is COC(=O)[C@@H]1CSCc2c(O)cc(OC)c(C)c2C(=O)OC[C@H](O)C(=O)N1. The number of thioether (sulfide) groups is 1. The third kappa shape index (κ3) is 4.64. The molecule has 2 rings (SSSR count). The zero-order valence-corrected chi connectivity index (χ0v) is 15.9. The van der Waals surface area contributed by atoms with Crippen LogP contribution in [0.1, 0.15) is 21.5 Å². The van der Waals surface area contributed by atoms with Gasteiger partial charge in [0, 0.05) is 28.7 Å². The van der Waals surface area contributed by atoms with Crippen molar-refractivity contribution in [3.8, 4) is 11.5 Å². The molecule has 3 N–H and O–H groups in total. The summed E-state index contributed by atoms with van der Waals surface area (Å²) in [5.41, 5.74) is 0.867. The van der Waals surface area contributed by atoms with E-state index in [9.17, 15) is 24.6 Å². The Kier molecular flexibility index (Phi) is 6.92. The van der Waals surface area contributed by atoms with Gasteiger partial charge in [-0.3, -0.25) is 4.79 Å². The number of ether oxygens (including phenoxy) is 3. The molecule has 1 amide bonds. The number of nitrogens with one attached hydrogen (secondary N) is 1. The number of phenols is 1. The highest BCUT2D eigenvalue weighted by atomic mass is 32.2. The first-order valence-electron chi connectivity index (χ1n) is 8.00. The summed E-state index contributed by atoms with van der Waals surface area (Å²) in [6.07, 6.45) is -1.66. The van der Waals surface area contributed by atoms with E-state index in [1.54, 1.807) is 6.92 Å². The molecule has 1 aromatic rings. The molecule has 0 aromatic heterocycles. The lowest BCUT2D eigenvalue weighted by molar-refractivity contribution is -0.146. The van der Waals surface area contributed by atoms with Gasteiger partial charge < -0.3 is 29.7 Å². The molecule has 9 nitrogen and oxygen atoms in total. The number of carbonyl (C=O) groups is 3. The zero-order chi connectivity index (χ0) is 20.1. The van der Waals surface area contributed by atoms with Crippen LogP contribution in [0.4, 0.5) is 0 Å². The van der Waals surface area contributed by atoms with Crippen LogP contribution in [0.5, 0.6) is 11.5 Å². The van der Waals surface area contributed by atoms with Crippen LogP contribution in [0.2, 0.25) is 0 Å². The van der Waals surface area contributed by atoms with Gasteiger partial charge in [0.1, 0.15) is 24.1 Å². The molecular formula is C17H21NO8S. The van der Waals surface area contributed by atoms with E-state index >= 15 is 0 Å². The molecule has 0 radical (unpaired) electrons. The number of rotatable bonds is 2. The van der Waals surface area contributed by atoms with Crippen molar-refractivity contribution in [2.75, 3.05) is 26.6 Å². The van der Waals surface area contributed by atoms with Crippen LogP contribution in [0, 0.1) is 6.92 Å². The number of cyclic esters (lactones) is 1. The van der Waals surface area contributed by atoms with E-state index in [-0.39, 0.29) is 22.8 Å². The summed E-state index contributed by atoms with van der Waals surface area (Å²) in [7, 11) is 2.59. The summed E-state index contributed by atoms with van der Waals surface area (Å²) in [4.78, 5) is 36.4. The van der Waals surface area contributed by atoms with Crippen molar-refractivity contribution in [1.82, 2.24) is 5.32 Å². The number of methoxy groups -OCH3 is 2. The van der Waals surface area contributed by atoms with Crippen LogP contribution in [-0.2, 0) is 24.8 Å². The number of hydrogen-bond acceptors (Lipinski definition) is 9. The smallest absolute Gasteiger partial charge is 0.339 e. The molecule has 1 aliphatic rings. The molecule has 0 saturated heterocycles. The molecule has 0 bridgehead atoms. The largest absolute Gasteiger partial charge is 0.507 e. The van der Waals surface area contributed by atoms with Crippen LogP contribution in [-0.4, -0.2) is 66.8 Å². The fourth-order valence-electron chi connectivity index (χ4n) is 2.59. The standard InChI is InChI=1S/C17H21NO8S/c1-8-13(24-2)4-11(19)9-6-27-7-10(16(22)25-3)18-15(21)12(20)5-26-17(23)14(8)9/h4,10,12,19-20H,5-7H2,1-3H3,(H,18,21)/t10-,12-/m0/s1. The summed E-state index contributed by atoms with van der Waals surface area (Å²) in [5.74, 6) is -1.90. The molecule has 2 atom stereocenters. The van der Waals surface area contributed by atoms with Crippen molar-refractivity contribution in [3.05, 3.63) is 22.8 Å². The Balaban J connectivity index is 2.44. The first kappa shape index (κ1) is 20.8. The fraction of sp³-hybridized carbons (Fsp3) is 0.471. The molecule has 1 aliphatic heterocycles. The average molecular weight is 399 g/mol. The summed E-state index contributed by atoms with van der Waals surface area (Å²) in [6.45, 7) is 1.03. The Morgan fingerprint density at radius 2 is 2.07 bits per heavy atom. The lowest BCUT2D eigenvalue weighted by Crippen LogP contribution is -2.48. The topological polar surface area (TPSA) is 131 Å². The van der Waals surface area contributed by atoms with Crippen molar-refractivity contribution in [1.29, 1.82) is 0 Å². The second-order valence-corrected chi connectivity index (χ2v) is 6.82. The molecule has 1 aromatic carbocycles. The summed E-state index contributed by atoms with van der Waals surface area (Å²) in [5, 5.41) is 22.6. The second-order valence-electron chi connectivity index (χ2n) is 5.79. The van der Waals surface area contributed by atoms with Gasteiger partial charge in [-0.05, 0) is 6.92 Å². The first-order valence-corrected chi connectivity index (χ1v) is 9.16. The molecule has 1 heterocycles. The van der Waals surface area contributed by atoms with E-state index in [2.05, 4.69) is 10.1 Å². The minimum absolute atomic E-state index is 0.0992. The number of aliphatic hydroxyl groups excluding tert-OH is 1. The summed E-state index contributed by atoms with van der Waals surface area (Å²) in [6, 6.07) is 0.393. The minimum Gasteiger partial charge on any atom is -0.507 e. The van der Waals surface area contributed by atoms with Crippen molar-refractivity contribution in [3.63, 3.8) is 0 Å². The normalized spacial score (nSPS) is 21.0. The fourth-order valence-corrected chi connectivity index (χ4v) is 3.66. The second kappa shape index (κ2) is 8.96. The predicted molar refractivity (Wildman–Crippen MR) is 95.8 cm³/mol. The third-order valence-corrected chi connectivity index (χ3v) is 5.12. The van der Waals surface area contributed by atoms with Crippen molar-refractivity contribution in [2.45, 2.75) is 24.8 Å². The first-order chi connectivity index (χ1) is 12.8. The van der Waals surface area contributed by atoms with Gasteiger partial charge in [0.15, 0.2) is 6.10 Å². The van der Waals surface area contributed by atoms with Crippen LogP contribution in [0.25, 0.3) is 0 Å². The third-order valence-electron chi connectivity index (χ3n) is 4.06. The van der Waals surface area contributed by atoms with Crippen LogP contribution >= 0.6 is 11.8 Å². The molecule has 0 aliphatic carbocycles. The maximum absolute atomic E-state index is 12.5. The molecular weight excluding hydrogens is 378 g/mol. The Bertz CT molecular complexity index is 751. The summed E-state index contributed by atoms with van der Waals surface area (Å²) < 4.78 is 14.9. The highest BCUT2D eigenvalue weighted by Crippen LogP contribution is 2.35. The van der Waals surface area contributed by atoms with Gasteiger partial charge in [0.2, 0.25) is 0 Å². The monoisotopic (exact) mass is 399 g/mol. The molecule has 148 valence electrons. The predicted octanol–water partition coefficient (Wildman–Crippen LogP) is 0.132. The molecule has 0 spiro atoms. The molecule has 0 unspecified atom stereocenters. The quantitative estimate of drug-likeness (QED) is 0.594. The number of benzene rings is 1. The molecule has 10 heteroatoms. The average Bonchev–Trinajstić information content (AvgIpc) is 2.65. The maximum atomic E-state index is 12.5. The van der Waals surface area contributed by atoms with E-state index in [0.29, 0.717) is 16.9 Å². The Morgan fingerprint density at radius 3 is 2.70 bits per heavy atom. The zero-order valence-electron chi connectivity index (χ0n) is 15.1. The summed E-state index contributed by atoms with van der Waals surface area (Å²) >= 11 is 1.20. The highest BCUT2D eigenvalue weighted by molar-refractivity contribution is 7.98. The highest BCUT2D eigenvalue weighted by Gasteiger charge is 2.29. The Hall–Kier alpha value is -2.46. The van der Waals surface area contributed by atoms with Gasteiger partial charge in [-0.1, -0.05) is 0 Å². The number of aliphatic hydroxyl groups is 1. The van der Waals surface area contributed by atoms with Crippen LogP contribution < -0.4 is 10.1 Å². The van der Waals surface area contributed by atoms with Crippen LogP contribution in [0.15, 0.2) is 6.07 Å². The molecule has 0 saturated carbocycles. The number of fused-ring (bicyclic) bond motifs is 1. The Labute approximate surface area is 160 Å². The van der Waals surface area contributed by atoms with Crippen molar-refractivity contribution in [2.24, 2.45) is 0 Å². The Morgan fingerprint density at radius 1 is 1.37 bits per heavy atom. The van der Waals surface area contributed by atoms with E-state index < -0.39 is 36.6 Å². The van der Waals surface area contributed by atoms with Gasteiger partial charge in [-0.15, -0.1) is 0 Å². The van der Waals surface area contributed by atoms with E-state index in [4.69, 9.17) is 9.47 Å². The number of hydrogen-bond donors (Lipinski definition) is 3. The van der Waals surface area contributed by atoms with E-state index in [1.165, 1.54) is 32.0 Å². The lowest BCUT2D eigenvalue weighted by atomic mass is 10.0. The number of phenolic OH excluding ortho intramolecular Hbond substituents is 1. The van der Waals surface area contributed by atoms with E-state index in [0.717, 1.165) is 0 Å². The molecule has 27 heavy (non-hydrogen) atoms. The molecule has 0 fully saturated rings. The van der Waals surface area contributed by atoms with Crippen molar-refractivity contribution >= 4 is 29.6 Å². The van der Waals surface area contributed by atoms with Gasteiger partial charge >= 0.3 is 11.9 Å². The van der Waals surface area contributed by atoms with Crippen molar-refractivity contribution < 1.29 is 38.8 Å². The lowest BCUT2D eigenvalue weighted by Gasteiger charge is -2.21. The number of amides is 1.